The third-order valence-corrected chi connectivity index (χ3v) is 1.84. The smallest absolute Gasteiger partial charge is 0.0908 e. The molecule has 10 heavy (non-hydrogen) atoms. The molecule has 1 aliphatic carbocycles. The molecule has 2 heteroatoms. The van der Waals surface area contributed by atoms with Crippen LogP contribution in [0.5, 0.6) is 0 Å². The standard InChI is InChI=1S/C8H11NO/c1-10-7-8(4-5-8)3-2-6-9/h2-3H,4-5,7H2,1H3. The van der Waals surface area contributed by atoms with E-state index in [1.807, 2.05) is 12.1 Å². The maximum Gasteiger partial charge on any atom is 0.0908 e. The molecule has 2 nitrogen and oxygen atoms in total. The van der Waals surface area contributed by atoms with Crippen molar-refractivity contribution in [2.24, 2.45) is 5.41 Å². The minimum absolute atomic E-state index is 0.227. The molecule has 1 rings (SSSR count). The third kappa shape index (κ3) is 1.58. The maximum absolute atomic E-state index is 8.25. The van der Waals surface area contributed by atoms with Crippen molar-refractivity contribution in [2.75, 3.05) is 13.7 Å². The fourth-order valence-electron chi connectivity index (χ4n) is 1.02. The molecular weight excluding hydrogens is 126 g/mol. The minimum atomic E-state index is 0.227. The summed E-state index contributed by atoms with van der Waals surface area (Å²) in [5, 5.41) is 8.25. The molecule has 0 heterocycles. The highest BCUT2D eigenvalue weighted by molar-refractivity contribution is 5.15. The largest absolute Gasteiger partial charge is 0.384 e. The Morgan fingerprint density at radius 1 is 1.70 bits per heavy atom. The van der Waals surface area contributed by atoms with Crippen LogP contribution in [-0.2, 0) is 4.74 Å². The van der Waals surface area contributed by atoms with Crippen molar-refractivity contribution >= 4 is 0 Å². The van der Waals surface area contributed by atoms with Crippen LogP contribution >= 0.6 is 0 Å². The van der Waals surface area contributed by atoms with Crippen LogP contribution in [0.25, 0.3) is 0 Å². The van der Waals surface area contributed by atoms with E-state index in [1.165, 1.54) is 12.8 Å². The zero-order valence-electron chi connectivity index (χ0n) is 6.13. The summed E-state index contributed by atoms with van der Waals surface area (Å²) in [5.74, 6) is 0. The molecule has 0 unspecified atom stereocenters. The molecule has 0 aromatic carbocycles. The third-order valence-electron chi connectivity index (χ3n) is 1.84. The van der Waals surface area contributed by atoms with Crippen LogP contribution in [0.1, 0.15) is 12.8 Å². The number of hydrogen-bond acceptors (Lipinski definition) is 2. The zero-order valence-corrected chi connectivity index (χ0v) is 6.13. The van der Waals surface area contributed by atoms with E-state index in [0.29, 0.717) is 0 Å². The van der Waals surface area contributed by atoms with Gasteiger partial charge >= 0.3 is 0 Å². The van der Waals surface area contributed by atoms with E-state index in [4.69, 9.17) is 10.00 Å². The predicted molar refractivity (Wildman–Crippen MR) is 38.3 cm³/mol. The monoisotopic (exact) mass is 137 g/mol. The van der Waals surface area contributed by atoms with Crippen LogP contribution in [0.3, 0.4) is 0 Å². The summed E-state index contributed by atoms with van der Waals surface area (Å²) in [7, 11) is 1.69. The van der Waals surface area contributed by atoms with Gasteiger partial charge in [-0.05, 0) is 12.8 Å². The van der Waals surface area contributed by atoms with Crippen LogP contribution in [-0.4, -0.2) is 13.7 Å². The molecule has 1 saturated carbocycles. The lowest BCUT2D eigenvalue weighted by molar-refractivity contribution is 0.161. The van der Waals surface area contributed by atoms with Crippen molar-refractivity contribution in [3.8, 4) is 6.07 Å². The van der Waals surface area contributed by atoms with Crippen LogP contribution in [0.2, 0.25) is 0 Å². The Labute approximate surface area is 61.1 Å². The quantitative estimate of drug-likeness (QED) is 0.552. The number of hydrogen-bond donors (Lipinski definition) is 0. The lowest BCUT2D eigenvalue weighted by atomic mass is 10.1. The van der Waals surface area contributed by atoms with Crippen molar-refractivity contribution in [3.63, 3.8) is 0 Å². The Bertz CT molecular complexity index is 174. The Balaban J connectivity index is 2.39. The van der Waals surface area contributed by atoms with Crippen molar-refractivity contribution in [1.82, 2.24) is 0 Å². The number of nitriles is 1. The fraction of sp³-hybridized carbons (Fsp3) is 0.625. The van der Waals surface area contributed by atoms with E-state index in [0.717, 1.165) is 6.61 Å². The van der Waals surface area contributed by atoms with Gasteiger partial charge in [-0.2, -0.15) is 5.26 Å². The molecule has 0 aromatic rings. The molecule has 0 spiro atoms. The van der Waals surface area contributed by atoms with Gasteiger partial charge in [-0.3, -0.25) is 0 Å². The molecule has 0 saturated heterocycles. The van der Waals surface area contributed by atoms with Gasteiger partial charge in [-0.15, -0.1) is 0 Å². The molecule has 0 N–H and O–H groups in total. The molecule has 0 aromatic heterocycles. The average Bonchev–Trinajstić information content (AvgIpc) is 2.67. The minimum Gasteiger partial charge on any atom is -0.384 e. The van der Waals surface area contributed by atoms with Crippen molar-refractivity contribution in [3.05, 3.63) is 12.2 Å². The summed E-state index contributed by atoms with van der Waals surface area (Å²) >= 11 is 0. The molecule has 0 amide bonds. The second kappa shape index (κ2) is 2.85. The van der Waals surface area contributed by atoms with Crippen molar-refractivity contribution < 1.29 is 4.74 Å². The Morgan fingerprint density at radius 2 is 2.40 bits per heavy atom. The average molecular weight is 137 g/mol. The molecule has 0 bridgehead atoms. The number of methoxy groups -OCH3 is 1. The first kappa shape index (κ1) is 7.30. The van der Waals surface area contributed by atoms with E-state index in [9.17, 15) is 0 Å². The normalized spacial score (nSPS) is 20.8. The van der Waals surface area contributed by atoms with E-state index >= 15 is 0 Å². The lowest BCUT2D eigenvalue weighted by Gasteiger charge is -2.05. The Hall–Kier alpha value is -0.810. The van der Waals surface area contributed by atoms with Crippen molar-refractivity contribution in [1.29, 1.82) is 5.26 Å². The Morgan fingerprint density at radius 3 is 2.80 bits per heavy atom. The number of rotatable bonds is 3. The number of allylic oxidation sites excluding steroid dienone is 1. The summed E-state index contributed by atoms with van der Waals surface area (Å²) in [6.45, 7) is 0.755. The van der Waals surface area contributed by atoms with E-state index < -0.39 is 0 Å². The zero-order chi connectivity index (χ0) is 7.45. The molecular formula is C8H11NO. The summed E-state index contributed by atoms with van der Waals surface area (Å²) in [6.07, 6.45) is 5.83. The summed E-state index contributed by atoms with van der Waals surface area (Å²) in [4.78, 5) is 0. The van der Waals surface area contributed by atoms with E-state index in [2.05, 4.69) is 0 Å². The highest BCUT2D eigenvalue weighted by atomic mass is 16.5. The molecule has 54 valence electrons. The van der Waals surface area contributed by atoms with Gasteiger partial charge < -0.3 is 4.74 Å². The number of ether oxygens (including phenoxy) is 1. The topological polar surface area (TPSA) is 33.0 Å². The SMILES string of the molecule is COCC1(C=CC#N)CC1. The van der Waals surface area contributed by atoms with E-state index in [-0.39, 0.29) is 5.41 Å². The molecule has 1 aliphatic rings. The van der Waals surface area contributed by atoms with Gasteiger partial charge in [0.15, 0.2) is 0 Å². The van der Waals surface area contributed by atoms with Crippen LogP contribution in [0.4, 0.5) is 0 Å². The van der Waals surface area contributed by atoms with E-state index in [1.54, 1.807) is 13.2 Å². The van der Waals surface area contributed by atoms with Crippen LogP contribution < -0.4 is 0 Å². The van der Waals surface area contributed by atoms with Crippen LogP contribution in [0.15, 0.2) is 12.2 Å². The van der Waals surface area contributed by atoms with Gasteiger partial charge in [0, 0.05) is 18.6 Å². The fourth-order valence-corrected chi connectivity index (χ4v) is 1.02. The molecule has 0 atom stereocenters. The number of nitrogens with zero attached hydrogens (tertiary/aromatic N) is 1. The van der Waals surface area contributed by atoms with Gasteiger partial charge in [0.1, 0.15) is 0 Å². The van der Waals surface area contributed by atoms with Gasteiger partial charge in [0.05, 0.1) is 12.7 Å². The highest BCUT2D eigenvalue weighted by Crippen LogP contribution is 2.46. The molecule has 0 radical (unpaired) electrons. The highest BCUT2D eigenvalue weighted by Gasteiger charge is 2.39. The van der Waals surface area contributed by atoms with Gasteiger partial charge in [0.2, 0.25) is 0 Å². The first-order valence-electron chi connectivity index (χ1n) is 3.39. The summed E-state index contributed by atoms with van der Waals surface area (Å²) < 4.78 is 5.01. The summed E-state index contributed by atoms with van der Waals surface area (Å²) in [6, 6.07) is 1.99. The van der Waals surface area contributed by atoms with Crippen LogP contribution in [0, 0.1) is 16.7 Å². The molecule has 0 aliphatic heterocycles. The van der Waals surface area contributed by atoms with Gasteiger partial charge in [0.25, 0.3) is 0 Å². The molecule has 1 fully saturated rings. The second-order valence-electron chi connectivity index (χ2n) is 2.76. The predicted octanol–water partition coefficient (Wildman–Crippen LogP) is 1.49. The van der Waals surface area contributed by atoms with Gasteiger partial charge in [-0.25, -0.2) is 0 Å². The van der Waals surface area contributed by atoms with Gasteiger partial charge in [-0.1, -0.05) is 6.08 Å². The first-order chi connectivity index (χ1) is 4.83. The second-order valence-corrected chi connectivity index (χ2v) is 2.76. The first-order valence-corrected chi connectivity index (χ1v) is 3.39. The van der Waals surface area contributed by atoms with Crippen molar-refractivity contribution in [2.45, 2.75) is 12.8 Å². The lowest BCUT2D eigenvalue weighted by Crippen LogP contribution is -2.04. The Kier molecular flexibility index (Phi) is 2.08. The maximum atomic E-state index is 8.25. The summed E-state index contributed by atoms with van der Waals surface area (Å²) in [5.41, 5.74) is 0.227.